The molecule has 6 nitrogen and oxygen atoms in total. The van der Waals surface area contributed by atoms with Crippen LogP contribution in [-0.2, 0) is 13.1 Å². The molecule has 0 saturated heterocycles. The molecular weight excluding hydrogens is 328 g/mol. The third kappa shape index (κ3) is 3.11. The SMILES string of the molecule is O=[N+]([O-])c1ccccc1C1c2cccn2CCCN1Cc1cccnc1. The molecule has 0 spiro atoms. The summed E-state index contributed by atoms with van der Waals surface area (Å²) in [6.45, 7) is 2.49. The fourth-order valence-corrected chi connectivity index (χ4v) is 3.78. The summed E-state index contributed by atoms with van der Waals surface area (Å²) in [5, 5.41) is 11.6. The Kier molecular flexibility index (Phi) is 4.50. The van der Waals surface area contributed by atoms with E-state index >= 15 is 0 Å². The highest BCUT2D eigenvalue weighted by molar-refractivity contribution is 5.45. The summed E-state index contributed by atoms with van der Waals surface area (Å²) in [7, 11) is 0. The molecule has 3 aromatic rings. The van der Waals surface area contributed by atoms with Gasteiger partial charge in [-0.15, -0.1) is 0 Å². The molecule has 1 aromatic carbocycles. The van der Waals surface area contributed by atoms with Crippen LogP contribution in [0.2, 0.25) is 0 Å². The van der Waals surface area contributed by atoms with E-state index in [0.717, 1.165) is 36.3 Å². The van der Waals surface area contributed by atoms with Crippen molar-refractivity contribution in [3.63, 3.8) is 0 Å². The number of aromatic nitrogens is 2. The van der Waals surface area contributed by atoms with E-state index in [1.807, 2.05) is 36.5 Å². The van der Waals surface area contributed by atoms with Gasteiger partial charge in [-0.3, -0.25) is 20.0 Å². The summed E-state index contributed by atoms with van der Waals surface area (Å²) in [6.07, 6.45) is 6.68. The van der Waals surface area contributed by atoms with Gasteiger partial charge < -0.3 is 4.57 Å². The molecule has 132 valence electrons. The third-order valence-corrected chi connectivity index (χ3v) is 4.89. The van der Waals surface area contributed by atoms with Crippen LogP contribution in [-0.4, -0.2) is 25.9 Å². The highest BCUT2D eigenvalue weighted by atomic mass is 16.6. The van der Waals surface area contributed by atoms with E-state index < -0.39 is 0 Å². The van der Waals surface area contributed by atoms with Gasteiger partial charge in [0.1, 0.15) is 0 Å². The smallest absolute Gasteiger partial charge is 0.274 e. The number of benzene rings is 1. The van der Waals surface area contributed by atoms with Crippen LogP contribution in [0, 0.1) is 10.1 Å². The van der Waals surface area contributed by atoms with Crippen molar-refractivity contribution < 1.29 is 4.92 Å². The molecule has 0 fully saturated rings. The summed E-state index contributed by atoms with van der Waals surface area (Å²) in [5.41, 5.74) is 3.11. The van der Waals surface area contributed by atoms with Gasteiger partial charge >= 0.3 is 0 Å². The number of nitro groups is 1. The monoisotopic (exact) mass is 348 g/mol. The minimum absolute atomic E-state index is 0.158. The topological polar surface area (TPSA) is 64.2 Å². The lowest BCUT2D eigenvalue weighted by molar-refractivity contribution is -0.385. The molecular formula is C20H20N4O2. The van der Waals surface area contributed by atoms with Gasteiger partial charge in [0, 0.05) is 50.0 Å². The first-order chi connectivity index (χ1) is 12.7. The zero-order chi connectivity index (χ0) is 17.9. The quantitative estimate of drug-likeness (QED) is 0.531. The van der Waals surface area contributed by atoms with Crippen LogP contribution in [0.1, 0.15) is 29.3 Å². The zero-order valence-electron chi connectivity index (χ0n) is 14.4. The molecule has 1 aliphatic rings. The fourth-order valence-electron chi connectivity index (χ4n) is 3.78. The molecule has 0 saturated carbocycles. The summed E-state index contributed by atoms with van der Waals surface area (Å²) >= 11 is 0. The lowest BCUT2D eigenvalue weighted by Crippen LogP contribution is -2.30. The van der Waals surface area contributed by atoms with Crippen molar-refractivity contribution in [2.75, 3.05) is 6.54 Å². The maximum absolute atomic E-state index is 11.6. The predicted molar refractivity (Wildman–Crippen MR) is 98.6 cm³/mol. The first-order valence-electron chi connectivity index (χ1n) is 8.75. The lowest BCUT2D eigenvalue weighted by atomic mass is 9.99. The molecule has 6 heteroatoms. The average Bonchev–Trinajstić information content (AvgIpc) is 3.04. The fraction of sp³-hybridized carbons (Fsp3) is 0.250. The molecule has 26 heavy (non-hydrogen) atoms. The normalized spacial score (nSPS) is 17.5. The molecule has 1 aliphatic heterocycles. The van der Waals surface area contributed by atoms with Crippen molar-refractivity contribution in [1.29, 1.82) is 0 Å². The van der Waals surface area contributed by atoms with Crippen molar-refractivity contribution in [3.8, 4) is 0 Å². The molecule has 0 radical (unpaired) electrons. The number of rotatable bonds is 4. The Labute approximate surface area is 151 Å². The first kappa shape index (κ1) is 16.5. The van der Waals surface area contributed by atoms with Crippen LogP contribution in [0.5, 0.6) is 0 Å². The van der Waals surface area contributed by atoms with E-state index in [1.165, 1.54) is 0 Å². The zero-order valence-corrected chi connectivity index (χ0v) is 14.4. The van der Waals surface area contributed by atoms with Gasteiger partial charge in [0.25, 0.3) is 5.69 Å². The molecule has 0 aliphatic carbocycles. The molecule has 1 atom stereocenters. The van der Waals surface area contributed by atoms with Crippen molar-refractivity contribution in [1.82, 2.24) is 14.5 Å². The highest BCUT2D eigenvalue weighted by Crippen LogP contribution is 2.37. The van der Waals surface area contributed by atoms with Crippen LogP contribution in [0.3, 0.4) is 0 Å². The van der Waals surface area contributed by atoms with Crippen molar-refractivity contribution >= 4 is 5.69 Å². The molecule has 0 N–H and O–H groups in total. The van der Waals surface area contributed by atoms with Gasteiger partial charge in [-0.2, -0.15) is 0 Å². The summed E-state index contributed by atoms with van der Waals surface area (Å²) < 4.78 is 2.21. The van der Waals surface area contributed by atoms with Gasteiger partial charge in [-0.05, 0) is 30.2 Å². The Morgan fingerprint density at radius 1 is 1.12 bits per heavy atom. The number of fused-ring (bicyclic) bond motifs is 1. The van der Waals surface area contributed by atoms with Crippen LogP contribution in [0.15, 0.2) is 67.1 Å². The second-order valence-corrected chi connectivity index (χ2v) is 6.53. The summed E-state index contributed by atoms with van der Waals surface area (Å²) in [4.78, 5) is 17.9. The van der Waals surface area contributed by atoms with E-state index in [2.05, 4.69) is 26.7 Å². The van der Waals surface area contributed by atoms with Crippen LogP contribution >= 0.6 is 0 Å². The predicted octanol–water partition coefficient (Wildman–Crippen LogP) is 3.79. The van der Waals surface area contributed by atoms with E-state index in [0.29, 0.717) is 6.54 Å². The molecule has 2 aromatic heterocycles. The average molecular weight is 348 g/mol. The van der Waals surface area contributed by atoms with Gasteiger partial charge in [-0.1, -0.05) is 24.3 Å². The van der Waals surface area contributed by atoms with E-state index in [9.17, 15) is 10.1 Å². The number of hydrogen-bond donors (Lipinski definition) is 0. The van der Waals surface area contributed by atoms with Crippen LogP contribution < -0.4 is 0 Å². The molecule has 1 unspecified atom stereocenters. The number of aryl methyl sites for hydroxylation is 1. The van der Waals surface area contributed by atoms with Crippen molar-refractivity contribution in [3.05, 3.63) is 94.1 Å². The van der Waals surface area contributed by atoms with E-state index in [-0.39, 0.29) is 16.7 Å². The van der Waals surface area contributed by atoms with E-state index in [4.69, 9.17) is 0 Å². The maximum Gasteiger partial charge on any atom is 0.274 e. The Morgan fingerprint density at radius 2 is 2.00 bits per heavy atom. The highest BCUT2D eigenvalue weighted by Gasteiger charge is 2.32. The van der Waals surface area contributed by atoms with Gasteiger partial charge in [0.15, 0.2) is 0 Å². The van der Waals surface area contributed by atoms with E-state index in [1.54, 1.807) is 18.3 Å². The molecule has 4 rings (SSSR count). The number of nitrogens with zero attached hydrogens (tertiary/aromatic N) is 4. The Balaban J connectivity index is 1.81. The third-order valence-electron chi connectivity index (χ3n) is 4.89. The van der Waals surface area contributed by atoms with Crippen molar-refractivity contribution in [2.45, 2.75) is 25.6 Å². The number of hydrogen-bond acceptors (Lipinski definition) is 4. The first-order valence-corrected chi connectivity index (χ1v) is 8.75. The number of nitro benzene ring substituents is 1. The van der Waals surface area contributed by atoms with Gasteiger partial charge in [0.2, 0.25) is 0 Å². The molecule has 0 bridgehead atoms. The van der Waals surface area contributed by atoms with Crippen molar-refractivity contribution in [2.24, 2.45) is 0 Å². The van der Waals surface area contributed by atoms with Crippen LogP contribution in [0.4, 0.5) is 5.69 Å². The lowest BCUT2D eigenvalue weighted by Gasteiger charge is -2.30. The Hall–Kier alpha value is -2.99. The maximum atomic E-state index is 11.6. The number of para-hydroxylation sites is 1. The summed E-state index contributed by atoms with van der Waals surface area (Å²) in [6, 6.07) is 15.0. The Bertz CT molecular complexity index is 907. The minimum atomic E-state index is -0.282. The Morgan fingerprint density at radius 3 is 2.81 bits per heavy atom. The number of pyridine rings is 1. The van der Waals surface area contributed by atoms with Gasteiger partial charge in [-0.25, -0.2) is 0 Å². The second kappa shape index (κ2) is 7.09. The largest absolute Gasteiger partial charge is 0.350 e. The van der Waals surface area contributed by atoms with Crippen LogP contribution in [0.25, 0.3) is 0 Å². The summed E-state index contributed by atoms with van der Waals surface area (Å²) in [5.74, 6) is 0. The molecule has 0 amide bonds. The minimum Gasteiger partial charge on any atom is -0.350 e. The second-order valence-electron chi connectivity index (χ2n) is 6.53. The van der Waals surface area contributed by atoms with Gasteiger partial charge in [0.05, 0.1) is 16.5 Å². The molecule has 3 heterocycles. The standard InChI is InChI=1S/C20H20N4O2/c25-24(26)18-8-2-1-7-17(18)20-19-9-4-11-22(19)12-5-13-23(20)15-16-6-3-10-21-14-16/h1-4,6-11,14,20H,5,12-13,15H2.